The van der Waals surface area contributed by atoms with Gasteiger partial charge in [-0.2, -0.15) is 0 Å². The Morgan fingerprint density at radius 3 is 2.76 bits per heavy atom. The predicted molar refractivity (Wildman–Crippen MR) is 76.0 cm³/mol. The van der Waals surface area contributed by atoms with Gasteiger partial charge in [0, 0.05) is 24.5 Å². The number of nitrogens with zero attached hydrogens (tertiary/aromatic N) is 3. The van der Waals surface area contributed by atoms with Gasteiger partial charge in [-0.3, -0.25) is 5.32 Å². The van der Waals surface area contributed by atoms with E-state index in [9.17, 15) is 14.7 Å². The number of urea groups is 1. The van der Waals surface area contributed by atoms with Gasteiger partial charge in [0.05, 0.1) is 6.20 Å². The molecule has 0 saturated carbocycles. The molecule has 2 aromatic rings. The zero-order valence-electron chi connectivity index (χ0n) is 10.9. The molecule has 0 saturated heterocycles. The van der Waals surface area contributed by atoms with Crippen LogP contribution in [0.15, 0.2) is 30.5 Å². The van der Waals surface area contributed by atoms with Crippen LogP contribution in [-0.4, -0.2) is 37.6 Å². The fourth-order valence-electron chi connectivity index (χ4n) is 2.36. The van der Waals surface area contributed by atoms with E-state index in [-0.39, 0.29) is 6.54 Å². The average molecular weight is 304 g/mol. The van der Waals surface area contributed by atoms with Crippen molar-refractivity contribution in [2.45, 2.75) is 19.0 Å². The Kier molecular flexibility index (Phi) is 3.53. The van der Waals surface area contributed by atoms with E-state index in [2.05, 4.69) is 14.9 Å². The summed E-state index contributed by atoms with van der Waals surface area (Å²) in [5.41, 5.74) is 1.93. The average Bonchev–Trinajstić information content (AvgIpc) is 2.98. The number of carboxylic acid groups (broad SMARTS) is 1. The predicted octanol–water partition coefficient (Wildman–Crippen LogP) is 1.58. The normalized spacial score (nSPS) is 17.1. The van der Waals surface area contributed by atoms with Crippen molar-refractivity contribution in [3.05, 3.63) is 41.6 Å². The zero-order chi connectivity index (χ0) is 14.8. The lowest BCUT2D eigenvalue weighted by molar-refractivity contribution is -0.142. The van der Waals surface area contributed by atoms with Crippen LogP contribution >= 0.6 is 11.5 Å². The fraction of sp³-hybridized carbons (Fsp3) is 0.231. The second-order valence-electron chi connectivity index (χ2n) is 4.67. The first-order chi connectivity index (χ1) is 10.1. The van der Waals surface area contributed by atoms with E-state index in [0.29, 0.717) is 11.4 Å². The maximum absolute atomic E-state index is 12.3. The molecule has 7 nitrogen and oxygen atoms in total. The van der Waals surface area contributed by atoms with Crippen molar-refractivity contribution < 1.29 is 14.7 Å². The van der Waals surface area contributed by atoms with E-state index < -0.39 is 18.0 Å². The van der Waals surface area contributed by atoms with Crippen LogP contribution in [0.4, 0.5) is 9.80 Å². The summed E-state index contributed by atoms with van der Waals surface area (Å²) in [6, 6.07) is 6.22. The van der Waals surface area contributed by atoms with Gasteiger partial charge in [-0.05, 0) is 11.1 Å². The first-order valence-corrected chi connectivity index (χ1v) is 7.07. The monoisotopic (exact) mass is 304 g/mol. The van der Waals surface area contributed by atoms with Gasteiger partial charge in [0.2, 0.25) is 0 Å². The van der Waals surface area contributed by atoms with Crippen molar-refractivity contribution in [3.8, 4) is 0 Å². The summed E-state index contributed by atoms with van der Waals surface area (Å²) in [6.45, 7) is 0.269. The Labute approximate surface area is 124 Å². The number of hydrogen-bond acceptors (Lipinski definition) is 5. The number of hydrogen-bond donors (Lipinski definition) is 2. The van der Waals surface area contributed by atoms with E-state index in [4.69, 9.17) is 0 Å². The summed E-state index contributed by atoms with van der Waals surface area (Å²) < 4.78 is 3.65. The SMILES string of the molecule is O=C(O)C1Cc2ccccc2CN1C(=O)Nc1cnns1. The van der Waals surface area contributed by atoms with Crippen LogP contribution < -0.4 is 5.32 Å². The molecule has 108 valence electrons. The Bertz CT molecular complexity index is 674. The van der Waals surface area contributed by atoms with Crippen molar-refractivity contribution in [2.75, 3.05) is 5.32 Å². The summed E-state index contributed by atoms with van der Waals surface area (Å²) >= 11 is 1.04. The molecule has 0 radical (unpaired) electrons. The molecular weight excluding hydrogens is 292 g/mol. The molecule has 1 aliphatic rings. The van der Waals surface area contributed by atoms with Crippen LogP contribution in [0.2, 0.25) is 0 Å². The largest absolute Gasteiger partial charge is 0.480 e. The summed E-state index contributed by atoms with van der Waals surface area (Å²) in [5, 5.41) is 16.1. The van der Waals surface area contributed by atoms with E-state index in [1.165, 1.54) is 11.1 Å². The quantitative estimate of drug-likeness (QED) is 0.878. The minimum absolute atomic E-state index is 0.269. The Morgan fingerprint density at radius 2 is 2.10 bits per heavy atom. The molecule has 8 heteroatoms. The molecular formula is C13H12N4O3S. The van der Waals surface area contributed by atoms with Crippen LogP contribution in [-0.2, 0) is 17.8 Å². The number of carbonyl (C=O) groups is 2. The van der Waals surface area contributed by atoms with Crippen molar-refractivity contribution >= 4 is 28.5 Å². The Morgan fingerprint density at radius 1 is 1.33 bits per heavy atom. The fourth-order valence-corrected chi connectivity index (χ4v) is 2.77. The molecule has 0 aliphatic carbocycles. The lowest BCUT2D eigenvalue weighted by Gasteiger charge is -2.34. The minimum Gasteiger partial charge on any atom is -0.480 e. The van der Waals surface area contributed by atoms with Crippen LogP contribution in [0.5, 0.6) is 0 Å². The molecule has 0 spiro atoms. The van der Waals surface area contributed by atoms with Gasteiger partial charge in [0.15, 0.2) is 0 Å². The summed E-state index contributed by atoms with van der Waals surface area (Å²) in [4.78, 5) is 25.1. The second-order valence-corrected chi connectivity index (χ2v) is 5.45. The molecule has 21 heavy (non-hydrogen) atoms. The molecule has 0 fully saturated rings. The van der Waals surface area contributed by atoms with Gasteiger partial charge in [-0.25, -0.2) is 9.59 Å². The number of nitrogens with one attached hydrogen (secondary N) is 1. The molecule has 0 bridgehead atoms. The number of aromatic nitrogens is 2. The highest BCUT2D eigenvalue weighted by Gasteiger charge is 2.34. The van der Waals surface area contributed by atoms with Gasteiger partial charge < -0.3 is 10.0 Å². The molecule has 1 aromatic carbocycles. The van der Waals surface area contributed by atoms with Gasteiger partial charge >= 0.3 is 12.0 Å². The van der Waals surface area contributed by atoms with E-state index in [1.807, 2.05) is 24.3 Å². The molecule has 1 unspecified atom stereocenters. The minimum atomic E-state index is -1.01. The number of amides is 2. The third-order valence-electron chi connectivity index (χ3n) is 3.39. The smallest absolute Gasteiger partial charge is 0.326 e. The maximum Gasteiger partial charge on any atom is 0.326 e. The molecule has 1 aliphatic heterocycles. The summed E-state index contributed by atoms with van der Waals surface area (Å²) in [6.07, 6.45) is 1.73. The lowest BCUT2D eigenvalue weighted by atomic mass is 9.94. The Hall–Kier alpha value is -2.48. The molecule has 3 rings (SSSR count). The zero-order valence-corrected chi connectivity index (χ0v) is 11.7. The standard InChI is InChI=1S/C13H12N4O3S/c18-12(19)10-5-8-3-1-2-4-9(8)7-17(10)13(20)15-11-6-14-16-21-11/h1-4,6,10H,5,7H2,(H,15,20)(H,18,19). The third-order valence-corrected chi connectivity index (χ3v) is 3.97. The lowest BCUT2D eigenvalue weighted by Crippen LogP contribution is -2.50. The number of aliphatic carboxylic acids is 1. The van der Waals surface area contributed by atoms with E-state index in [1.54, 1.807) is 0 Å². The van der Waals surface area contributed by atoms with Gasteiger partial charge in [-0.15, -0.1) is 5.10 Å². The maximum atomic E-state index is 12.3. The first kappa shape index (κ1) is 13.5. The number of anilines is 1. The van der Waals surface area contributed by atoms with Gasteiger partial charge in [-0.1, -0.05) is 28.8 Å². The van der Waals surface area contributed by atoms with Crippen LogP contribution in [0.25, 0.3) is 0 Å². The Balaban J connectivity index is 1.85. The van der Waals surface area contributed by atoms with E-state index >= 15 is 0 Å². The molecule has 2 heterocycles. The molecule has 2 N–H and O–H groups in total. The number of rotatable bonds is 2. The summed E-state index contributed by atoms with van der Waals surface area (Å²) in [5.74, 6) is -1.01. The van der Waals surface area contributed by atoms with Crippen LogP contribution in [0.1, 0.15) is 11.1 Å². The molecule has 1 aromatic heterocycles. The third kappa shape index (κ3) is 2.70. The van der Waals surface area contributed by atoms with Gasteiger partial charge in [0.25, 0.3) is 0 Å². The number of carbonyl (C=O) groups excluding carboxylic acids is 1. The van der Waals surface area contributed by atoms with Crippen molar-refractivity contribution in [3.63, 3.8) is 0 Å². The number of carboxylic acids is 1. The van der Waals surface area contributed by atoms with Crippen molar-refractivity contribution in [2.24, 2.45) is 0 Å². The first-order valence-electron chi connectivity index (χ1n) is 6.29. The molecule has 1 atom stereocenters. The highest BCUT2D eigenvalue weighted by molar-refractivity contribution is 7.10. The number of fused-ring (bicyclic) bond motifs is 1. The molecule has 2 amide bonds. The van der Waals surface area contributed by atoms with Crippen LogP contribution in [0, 0.1) is 0 Å². The number of benzene rings is 1. The van der Waals surface area contributed by atoms with Crippen molar-refractivity contribution in [1.82, 2.24) is 14.5 Å². The van der Waals surface area contributed by atoms with Crippen molar-refractivity contribution in [1.29, 1.82) is 0 Å². The highest BCUT2D eigenvalue weighted by atomic mass is 32.1. The summed E-state index contributed by atoms with van der Waals surface area (Å²) in [7, 11) is 0. The highest BCUT2D eigenvalue weighted by Crippen LogP contribution is 2.24. The topological polar surface area (TPSA) is 95.4 Å². The second kappa shape index (κ2) is 5.49. The van der Waals surface area contributed by atoms with E-state index in [0.717, 1.165) is 22.7 Å². The van der Waals surface area contributed by atoms with Gasteiger partial charge in [0.1, 0.15) is 11.0 Å². The van der Waals surface area contributed by atoms with Crippen LogP contribution in [0.3, 0.4) is 0 Å².